The van der Waals surface area contributed by atoms with Gasteiger partial charge >= 0.3 is 0 Å². The van der Waals surface area contributed by atoms with Crippen molar-refractivity contribution in [3.63, 3.8) is 0 Å². The topological polar surface area (TPSA) is 41.6 Å². The van der Waals surface area contributed by atoms with Gasteiger partial charge in [0.05, 0.1) is 12.8 Å². The highest BCUT2D eigenvalue weighted by atomic mass is 35.5. The van der Waals surface area contributed by atoms with Gasteiger partial charge in [-0.1, -0.05) is 29.8 Å². The maximum absolute atomic E-state index is 12.3. The molecule has 2 aromatic rings. The average Bonchev–Trinajstić information content (AvgIpc) is 2.57. The van der Waals surface area contributed by atoms with Gasteiger partial charge in [-0.15, -0.1) is 0 Å². The molecule has 0 unspecified atom stereocenters. The second kappa shape index (κ2) is 8.60. The number of anilines is 2. The minimum atomic E-state index is -0.0670. The summed E-state index contributed by atoms with van der Waals surface area (Å²) < 4.78 is 5.25. The van der Waals surface area contributed by atoms with Gasteiger partial charge in [-0.25, -0.2) is 0 Å². The minimum Gasteiger partial charge on any atom is -0.495 e. The zero-order valence-corrected chi connectivity index (χ0v) is 15.1. The zero-order valence-electron chi connectivity index (χ0n) is 14.3. The average molecular weight is 347 g/mol. The molecule has 0 radical (unpaired) electrons. The van der Waals surface area contributed by atoms with E-state index < -0.39 is 0 Å². The summed E-state index contributed by atoms with van der Waals surface area (Å²) in [6, 6.07) is 13.4. The Morgan fingerprint density at radius 2 is 2.00 bits per heavy atom. The van der Waals surface area contributed by atoms with E-state index in [2.05, 4.69) is 36.2 Å². The van der Waals surface area contributed by atoms with Crippen LogP contribution in [0, 0.1) is 6.92 Å². The molecule has 5 heteroatoms. The van der Waals surface area contributed by atoms with Crippen molar-refractivity contribution in [2.45, 2.75) is 20.3 Å². The molecule has 128 valence electrons. The van der Waals surface area contributed by atoms with Gasteiger partial charge in [0.25, 0.3) is 0 Å². The molecule has 0 bridgehead atoms. The highest BCUT2D eigenvalue weighted by Crippen LogP contribution is 2.28. The third kappa shape index (κ3) is 4.65. The molecule has 0 heterocycles. The van der Waals surface area contributed by atoms with Crippen molar-refractivity contribution in [2.24, 2.45) is 0 Å². The first kappa shape index (κ1) is 18.1. The summed E-state index contributed by atoms with van der Waals surface area (Å²) in [7, 11) is 1.57. The molecule has 2 rings (SSSR count). The number of hydrogen-bond acceptors (Lipinski definition) is 3. The van der Waals surface area contributed by atoms with E-state index in [1.165, 1.54) is 5.56 Å². The Bertz CT molecular complexity index is 704. The van der Waals surface area contributed by atoms with Gasteiger partial charge < -0.3 is 15.0 Å². The third-order valence-electron chi connectivity index (χ3n) is 3.88. The zero-order chi connectivity index (χ0) is 17.5. The first-order valence-electron chi connectivity index (χ1n) is 7.99. The Labute approximate surface area is 148 Å². The molecule has 0 aliphatic heterocycles. The minimum absolute atomic E-state index is 0.0670. The van der Waals surface area contributed by atoms with Crippen molar-refractivity contribution in [3.8, 4) is 5.75 Å². The highest BCUT2D eigenvalue weighted by molar-refractivity contribution is 6.31. The number of halogens is 1. The number of aryl methyl sites for hydroxylation is 1. The molecule has 0 aromatic heterocycles. The second-order valence-corrected chi connectivity index (χ2v) is 5.95. The van der Waals surface area contributed by atoms with Crippen LogP contribution >= 0.6 is 11.6 Å². The maximum Gasteiger partial charge on any atom is 0.226 e. The van der Waals surface area contributed by atoms with Crippen LogP contribution in [0.3, 0.4) is 0 Å². The van der Waals surface area contributed by atoms with E-state index >= 15 is 0 Å². The van der Waals surface area contributed by atoms with E-state index in [0.717, 1.165) is 12.2 Å². The van der Waals surface area contributed by atoms with Gasteiger partial charge in [0.1, 0.15) is 5.75 Å². The quantitative estimate of drug-likeness (QED) is 0.801. The highest BCUT2D eigenvalue weighted by Gasteiger charge is 2.12. The first-order valence-corrected chi connectivity index (χ1v) is 8.37. The fourth-order valence-electron chi connectivity index (χ4n) is 2.59. The largest absolute Gasteiger partial charge is 0.495 e. The lowest BCUT2D eigenvalue weighted by Gasteiger charge is -2.24. The summed E-state index contributed by atoms with van der Waals surface area (Å²) >= 11 is 5.99. The van der Waals surface area contributed by atoms with Crippen molar-refractivity contribution in [1.82, 2.24) is 0 Å². The molecule has 0 fully saturated rings. The smallest absolute Gasteiger partial charge is 0.226 e. The molecule has 1 N–H and O–H groups in total. The number of para-hydroxylation sites is 1. The second-order valence-electron chi connectivity index (χ2n) is 5.51. The van der Waals surface area contributed by atoms with Crippen LogP contribution in [0.4, 0.5) is 11.4 Å². The molecule has 4 nitrogen and oxygen atoms in total. The number of nitrogens with zero attached hydrogens (tertiary/aromatic N) is 1. The van der Waals surface area contributed by atoms with Gasteiger partial charge in [-0.2, -0.15) is 0 Å². The van der Waals surface area contributed by atoms with E-state index in [0.29, 0.717) is 29.4 Å². The van der Waals surface area contributed by atoms with Crippen LogP contribution < -0.4 is 15.0 Å². The van der Waals surface area contributed by atoms with Crippen LogP contribution in [-0.4, -0.2) is 26.1 Å². The Morgan fingerprint density at radius 3 is 2.67 bits per heavy atom. The number of amides is 1. The molecule has 0 saturated carbocycles. The SMILES string of the molecule is CCN(CCC(=O)Nc1cc(Cl)ccc1OC)c1ccccc1C. The van der Waals surface area contributed by atoms with Crippen LogP contribution in [-0.2, 0) is 4.79 Å². The molecule has 0 aliphatic rings. The lowest BCUT2D eigenvalue weighted by Crippen LogP contribution is -2.28. The summed E-state index contributed by atoms with van der Waals surface area (Å²) in [6.45, 7) is 5.66. The van der Waals surface area contributed by atoms with Crippen molar-refractivity contribution in [2.75, 3.05) is 30.4 Å². The van der Waals surface area contributed by atoms with Crippen molar-refractivity contribution in [3.05, 3.63) is 53.1 Å². The fourth-order valence-corrected chi connectivity index (χ4v) is 2.77. The number of benzene rings is 2. The number of hydrogen-bond donors (Lipinski definition) is 1. The van der Waals surface area contributed by atoms with E-state index in [1.54, 1.807) is 25.3 Å². The Kier molecular flexibility index (Phi) is 6.50. The molecular formula is C19H23ClN2O2. The predicted molar refractivity (Wildman–Crippen MR) is 100 cm³/mol. The van der Waals surface area contributed by atoms with Crippen LogP contribution in [0.25, 0.3) is 0 Å². The first-order chi connectivity index (χ1) is 11.5. The maximum atomic E-state index is 12.3. The third-order valence-corrected chi connectivity index (χ3v) is 4.12. The van der Waals surface area contributed by atoms with E-state index in [4.69, 9.17) is 16.3 Å². The fraction of sp³-hybridized carbons (Fsp3) is 0.316. The number of methoxy groups -OCH3 is 1. The van der Waals surface area contributed by atoms with Gasteiger partial charge in [0, 0.05) is 30.2 Å². The molecule has 0 spiro atoms. The number of rotatable bonds is 7. The monoisotopic (exact) mass is 346 g/mol. The van der Waals surface area contributed by atoms with Gasteiger partial charge in [0.2, 0.25) is 5.91 Å². The standard InChI is InChI=1S/C19H23ClN2O2/c1-4-22(17-8-6-5-7-14(17)2)12-11-19(23)21-16-13-15(20)9-10-18(16)24-3/h5-10,13H,4,11-12H2,1-3H3,(H,21,23). The van der Waals surface area contributed by atoms with Crippen molar-refractivity contribution in [1.29, 1.82) is 0 Å². The van der Waals surface area contributed by atoms with Crippen LogP contribution in [0.2, 0.25) is 5.02 Å². The van der Waals surface area contributed by atoms with E-state index in [-0.39, 0.29) is 5.91 Å². The van der Waals surface area contributed by atoms with E-state index in [1.807, 2.05) is 12.1 Å². The predicted octanol–water partition coefficient (Wildman–Crippen LogP) is 4.51. The molecule has 0 atom stereocenters. The molecule has 0 aliphatic carbocycles. The molecule has 1 amide bonds. The van der Waals surface area contributed by atoms with Crippen molar-refractivity contribution >= 4 is 28.9 Å². The summed E-state index contributed by atoms with van der Waals surface area (Å²) in [5.41, 5.74) is 2.96. The summed E-state index contributed by atoms with van der Waals surface area (Å²) in [6.07, 6.45) is 0.387. The van der Waals surface area contributed by atoms with Crippen LogP contribution in [0.1, 0.15) is 18.9 Å². The van der Waals surface area contributed by atoms with Crippen LogP contribution in [0.5, 0.6) is 5.75 Å². The van der Waals surface area contributed by atoms with Gasteiger partial charge in [-0.3, -0.25) is 4.79 Å². The van der Waals surface area contributed by atoms with Gasteiger partial charge in [0.15, 0.2) is 0 Å². The normalized spacial score (nSPS) is 10.3. The number of ether oxygens (including phenoxy) is 1. The molecule has 2 aromatic carbocycles. The van der Waals surface area contributed by atoms with Crippen LogP contribution in [0.15, 0.2) is 42.5 Å². The summed E-state index contributed by atoms with van der Waals surface area (Å²) in [5, 5.41) is 3.43. The summed E-state index contributed by atoms with van der Waals surface area (Å²) in [4.78, 5) is 14.5. The van der Waals surface area contributed by atoms with E-state index in [9.17, 15) is 4.79 Å². The van der Waals surface area contributed by atoms with Crippen molar-refractivity contribution < 1.29 is 9.53 Å². The Hall–Kier alpha value is -2.20. The summed E-state index contributed by atoms with van der Waals surface area (Å²) in [5.74, 6) is 0.529. The molecule has 0 saturated heterocycles. The van der Waals surface area contributed by atoms with Gasteiger partial charge in [-0.05, 0) is 43.7 Å². The lowest BCUT2D eigenvalue weighted by atomic mass is 10.1. The number of carbonyl (C=O) groups is 1. The Morgan fingerprint density at radius 1 is 1.25 bits per heavy atom. The Balaban J connectivity index is 2.00. The number of nitrogens with one attached hydrogen (secondary N) is 1. The molecular weight excluding hydrogens is 324 g/mol. The number of carbonyl (C=O) groups excluding carboxylic acids is 1. The lowest BCUT2D eigenvalue weighted by molar-refractivity contribution is -0.116. The molecule has 24 heavy (non-hydrogen) atoms.